The van der Waals surface area contributed by atoms with Crippen LogP contribution in [0, 0.1) is 0 Å². The van der Waals surface area contributed by atoms with Gasteiger partial charge in [-0.05, 0) is 66.9 Å². The number of carbonyl (C=O) groups is 2. The summed E-state index contributed by atoms with van der Waals surface area (Å²) < 4.78 is 23.9. The Bertz CT molecular complexity index is 1900. The van der Waals surface area contributed by atoms with Gasteiger partial charge in [-0.2, -0.15) is 0 Å². The predicted octanol–water partition coefficient (Wildman–Crippen LogP) is 8.50. The quantitative estimate of drug-likeness (QED) is 0.0357. The van der Waals surface area contributed by atoms with E-state index >= 15 is 0 Å². The molecule has 1 saturated heterocycles. The van der Waals surface area contributed by atoms with Gasteiger partial charge in [0.25, 0.3) is 5.78 Å². The molecule has 14 heteroatoms. The van der Waals surface area contributed by atoms with E-state index in [1.54, 1.807) is 48.5 Å². The molecule has 6 rings (SSSR count). The number of aromatic nitrogens is 2. The molecule has 4 aromatic rings. The van der Waals surface area contributed by atoms with Crippen LogP contribution in [0.3, 0.4) is 0 Å². The summed E-state index contributed by atoms with van der Waals surface area (Å²) in [5.41, 5.74) is 1.55. The van der Waals surface area contributed by atoms with Crippen molar-refractivity contribution in [1.82, 2.24) is 10.2 Å². The van der Waals surface area contributed by atoms with Gasteiger partial charge in [0, 0.05) is 21.4 Å². The first kappa shape index (κ1) is 34.9. The minimum atomic E-state index is -1.06. The molecule has 256 valence electrons. The standard InChI is InChI=1S/C35H33Cl2N3O7S2/c1-3-5-6-13-45-25-11-8-20(16-27(25)44-4-2)30-29(31(41)21-9-12-26-28(17-21)47-15-14-46-26)32(42)33(43)40(30)34-38-39-35(49-34)48-19-22-7-10-23(36)18-24(22)37/h7-12,16-18,30,41H,3-6,13-15,19H2,1-2H3/t30-/m1/s1. The number of aliphatic hydroxyl groups excluding tert-OH is 1. The molecule has 0 bridgehead atoms. The van der Waals surface area contributed by atoms with E-state index in [1.165, 1.54) is 16.7 Å². The fourth-order valence-electron chi connectivity index (χ4n) is 5.44. The molecule has 0 aliphatic carbocycles. The van der Waals surface area contributed by atoms with Gasteiger partial charge in [-0.3, -0.25) is 14.5 Å². The van der Waals surface area contributed by atoms with E-state index in [0.717, 1.165) is 36.2 Å². The van der Waals surface area contributed by atoms with Crippen LogP contribution in [0.2, 0.25) is 10.0 Å². The number of unbranched alkanes of at least 4 members (excludes halogenated alkanes) is 2. The smallest absolute Gasteiger partial charge is 0.301 e. The van der Waals surface area contributed by atoms with Crippen molar-refractivity contribution in [2.45, 2.75) is 49.2 Å². The number of hydrogen-bond donors (Lipinski definition) is 1. The molecule has 10 nitrogen and oxygen atoms in total. The van der Waals surface area contributed by atoms with Crippen molar-refractivity contribution in [1.29, 1.82) is 0 Å². The maximum absolute atomic E-state index is 13.8. The molecule has 1 fully saturated rings. The third-order valence-electron chi connectivity index (χ3n) is 7.82. The van der Waals surface area contributed by atoms with Gasteiger partial charge in [-0.1, -0.05) is 78.2 Å². The summed E-state index contributed by atoms with van der Waals surface area (Å²) in [5.74, 6) is 0.343. The Kier molecular flexibility index (Phi) is 11.2. The lowest BCUT2D eigenvalue weighted by atomic mass is 9.95. The molecule has 1 amide bonds. The molecule has 1 N–H and O–H groups in total. The first-order chi connectivity index (χ1) is 23.8. The first-order valence-corrected chi connectivity index (χ1v) is 18.4. The lowest BCUT2D eigenvalue weighted by molar-refractivity contribution is -0.132. The molecule has 2 aliphatic rings. The molecular formula is C35H33Cl2N3O7S2. The topological polar surface area (TPSA) is 120 Å². The van der Waals surface area contributed by atoms with Gasteiger partial charge in [0.2, 0.25) is 5.13 Å². The molecule has 0 saturated carbocycles. The number of ketones is 1. The number of hydrogen-bond acceptors (Lipinski definition) is 11. The highest BCUT2D eigenvalue weighted by atomic mass is 35.5. The third kappa shape index (κ3) is 7.62. The average Bonchev–Trinajstić information content (AvgIpc) is 3.67. The number of halogens is 2. The molecule has 3 heterocycles. The van der Waals surface area contributed by atoms with Crippen LogP contribution >= 0.6 is 46.3 Å². The zero-order valence-corrected chi connectivity index (χ0v) is 29.9. The molecule has 49 heavy (non-hydrogen) atoms. The zero-order valence-electron chi connectivity index (χ0n) is 26.7. The van der Waals surface area contributed by atoms with Crippen molar-refractivity contribution in [2.24, 2.45) is 0 Å². The average molecular weight is 743 g/mol. The second-order valence-corrected chi connectivity index (χ2v) is 14.1. The maximum Gasteiger partial charge on any atom is 0.301 e. The van der Waals surface area contributed by atoms with Crippen LogP contribution in [0.25, 0.3) is 5.76 Å². The first-order valence-electron chi connectivity index (χ1n) is 15.8. The van der Waals surface area contributed by atoms with E-state index in [0.29, 0.717) is 80.7 Å². The number of ether oxygens (including phenoxy) is 4. The largest absolute Gasteiger partial charge is 0.507 e. The number of nitrogens with zero attached hydrogens (tertiary/aromatic N) is 3. The number of amides is 1. The molecular weight excluding hydrogens is 709 g/mol. The van der Waals surface area contributed by atoms with Crippen molar-refractivity contribution >= 4 is 68.9 Å². The molecule has 1 aromatic heterocycles. The van der Waals surface area contributed by atoms with Crippen LogP contribution in [0.15, 0.2) is 64.5 Å². The van der Waals surface area contributed by atoms with Crippen molar-refractivity contribution in [3.05, 3.63) is 86.9 Å². The van der Waals surface area contributed by atoms with Gasteiger partial charge in [-0.25, -0.2) is 0 Å². The number of benzene rings is 3. The Morgan fingerprint density at radius 1 is 0.980 bits per heavy atom. The monoisotopic (exact) mass is 741 g/mol. The summed E-state index contributed by atoms with van der Waals surface area (Å²) in [6.45, 7) is 5.61. The van der Waals surface area contributed by atoms with Gasteiger partial charge in [-0.15, -0.1) is 10.2 Å². The summed E-state index contributed by atoms with van der Waals surface area (Å²) in [5, 5.41) is 21.6. The summed E-state index contributed by atoms with van der Waals surface area (Å²) in [6, 6.07) is 14.3. The Balaban J connectivity index is 1.40. The maximum atomic E-state index is 13.8. The van der Waals surface area contributed by atoms with Gasteiger partial charge in [0.15, 0.2) is 27.3 Å². The third-order valence-corrected chi connectivity index (χ3v) is 10.5. The number of anilines is 1. The van der Waals surface area contributed by atoms with Gasteiger partial charge in [0.05, 0.1) is 24.8 Å². The van der Waals surface area contributed by atoms with Crippen LogP contribution in [0.4, 0.5) is 5.13 Å². The van der Waals surface area contributed by atoms with Gasteiger partial charge >= 0.3 is 5.91 Å². The molecule has 1 atom stereocenters. The van der Waals surface area contributed by atoms with E-state index < -0.39 is 17.7 Å². The van der Waals surface area contributed by atoms with Crippen LogP contribution in [-0.4, -0.2) is 53.4 Å². The second-order valence-electron chi connectivity index (χ2n) is 11.1. The number of aliphatic hydroxyl groups is 1. The molecule has 2 aliphatic heterocycles. The summed E-state index contributed by atoms with van der Waals surface area (Å²) in [7, 11) is 0. The van der Waals surface area contributed by atoms with Crippen LogP contribution in [-0.2, 0) is 15.3 Å². The van der Waals surface area contributed by atoms with Gasteiger partial charge in [0.1, 0.15) is 19.0 Å². The highest BCUT2D eigenvalue weighted by molar-refractivity contribution is 8.00. The number of Topliss-reactive ketones (excluding diaryl/α,β-unsaturated/α-hetero) is 1. The van der Waals surface area contributed by atoms with Crippen LogP contribution in [0.5, 0.6) is 23.0 Å². The van der Waals surface area contributed by atoms with E-state index in [9.17, 15) is 14.7 Å². The lowest BCUT2D eigenvalue weighted by Crippen LogP contribution is -2.29. The van der Waals surface area contributed by atoms with Gasteiger partial charge < -0.3 is 24.1 Å². The fourth-order valence-corrected chi connectivity index (χ4v) is 7.87. The van der Waals surface area contributed by atoms with E-state index in [1.807, 2.05) is 13.0 Å². The van der Waals surface area contributed by atoms with Crippen molar-refractivity contribution in [3.63, 3.8) is 0 Å². The lowest BCUT2D eigenvalue weighted by Gasteiger charge is -2.24. The molecule has 3 aromatic carbocycles. The van der Waals surface area contributed by atoms with E-state index in [4.69, 9.17) is 42.1 Å². The molecule has 0 radical (unpaired) electrons. The Morgan fingerprint density at radius 2 is 1.80 bits per heavy atom. The Labute approximate surface area is 301 Å². The summed E-state index contributed by atoms with van der Waals surface area (Å²) in [4.78, 5) is 29.0. The van der Waals surface area contributed by atoms with Crippen molar-refractivity contribution < 1.29 is 33.6 Å². The van der Waals surface area contributed by atoms with Crippen molar-refractivity contribution in [2.75, 3.05) is 31.3 Å². The summed E-state index contributed by atoms with van der Waals surface area (Å²) in [6.07, 6.45) is 2.98. The SMILES string of the molecule is CCCCCOc1ccc([C@@H]2C(=C(O)c3ccc4c(c3)OCCO4)C(=O)C(=O)N2c2nnc(SCc3ccc(Cl)cc3Cl)s2)cc1OCC. The fraction of sp³-hybridized carbons (Fsp3) is 0.314. The predicted molar refractivity (Wildman–Crippen MR) is 191 cm³/mol. The zero-order chi connectivity index (χ0) is 34.5. The minimum absolute atomic E-state index is 0.113. The number of rotatable bonds is 13. The Hall–Kier alpha value is -3.97. The van der Waals surface area contributed by atoms with E-state index in [2.05, 4.69) is 17.1 Å². The molecule has 0 unspecified atom stereocenters. The summed E-state index contributed by atoms with van der Waals surface area (Å²) >= 11 is 15.0. The van der Waals surface area contributed by atoms with Crippen LogP contribution in [0.1, 0.15) is 55.8 Å². The minimum Gasteiger partial charge on any atom is -0.507 e. The second kappa shape index (κ2) is 15.7. The molecule has 0 spiro atoms. The highest BCUT2D eigenvalue weighted by Crippen LogP contribution is 2.46. The number of carbonyl (C=O) groups excluding carboxylic acids is 2. The Morgan fingerprint density at radius 3 is 2.57 bits per heavy atom. The highest BCUT2D eigenvalue weighted by Gasteiger charge is 2.48. The van der Waals surface area contributed by atoms with E-state index in [-0.39, 0.29) is 16.5 Å². The number of fused-ring (bicyclic) bond motifs is 1. The number of thioether (sulfide) groups is 1. The van der Waals surface area contributed by atoms with Crippen molar-refractivity contribution in [3.8, 4) is 23.0 Å². The normalized spacial score (nSPS) is 16.7. The van der Waals surface area contributed by atoms with Crippen LogP contribution < -0.4 is 23.8 Å².